The summed E-state index contributed by atoms with van der Waals surface area (Å²) in [7, 11) is -3.48. The van der Waals surface area contributed by atoms with Crippen LogP contribution in [0.5, 0.6) is 0 Å². The number of carbonyl (C=O) groups is 2. The second-order valence-electron chi connectivity index (χ2n) is 13.2. The van der Waals surface area contributed by atoms with Crippen LogP contribution in [-0.4, -0.2) is 58.0 Å². The molecule has 210 valence electrons. The van der Waals surface area contributed by atoms with Crippen molar-refractivity contribution in [3.63, 3.8) is 0 Å². The second-order valence-corrected chi connectivity index (χ2v) is 23.4. The third-order valence-corrected chi connectivity index (χ3v) is 13.7. The molecule has 7 heteroatoms. The molecular formula is C29H57NO4Si2. The summed E-state index contributed by atoms with van der Waals surface area (Å²) in [5.41, 5.74) is 4.60. The van der Waals surface area contributed by atoms with Crippen LogP contribution in [0.1, 0.15) is 101 Å². The van der Waals surface area contributed by atoms with Gasteiger partial charge < -0.3 is 14.0 Å². The minimum absolute atomic E-state index is 0.266. The number of rotatable bonds is 14. The van der Waals surface area contributed by atoms with Gasteiger partial charge in [0.25, 0.3) is 0 Å². The molecule has 0 unspecified atom stereocenters. The Morgan fingerprint density at radius 1 is 0.917 bits per heavy atom. The molecule has 36 heavy (non-hydrogen) atoms. The second kappa shape index (κ2) is 15.3. The molecule has 0 aliphatic rings. The molecule has 0 aliphatic carbocycles. The number of ether oxygens (including phenoxy) is 1. The van der Waals surface area contributed by atoms with E-state index in [1.165, 1.54) is 0 Å². The van der Waals surface area contributed by atoms with E-state index in [0.717, 1.165) is 38.6 Å². The third-order valence-electron chi connectivity index (χ3n) is 6.65. The van der Waals surface area contributed by atoms with Gasteiger partial charge in [0.2, 0.25) is 0 Å². The minimum Gasteiger partial charge on any atom is -0.444 e. The number of hydrogen-bond donors (Lipinski definition) is 0. The highest BCUT2D eigenvalue weighted by Gasteiger charge is 2.44. The quantitative estimate of drug-likeness (QED) is 0.0966. The first kappa shape index (κ1) is 34.9. The lowest BCUT2D eigenvalue weighted by molar-refractivity contribution is -0.108. The molecule has 0 fully saturated rings. The van der Waals surface area contributed by atoms with Gasteiger partial charge in [0.1, 0.15) is 20.0 Å². The molecule has 0 aromatic heterocycles. The molecule has 0 saturated heterocycles. The summed E-state index contributed by atoms with van der Waals surface area (Å²) >= 11 is 0. The predicted octanol–water partition coefficient (Wildman–Crippen LogP) is 8.20. The molecule has 2 atom stereocenters. The van der Waals surface area contributed by atoms with E-state index in [1.54, 1.807) is 4.90 Å². The van der Waals surface area contributed by atoms with Gasteiger partial charge in [-0.05, 0) is 57.2 Å². The van der Waals surface area contributed by atoms with Crippen LogP contribution < -0.4 is 0 Å². The van der Waals surface area contributed by atoms with Crippen LogP contribution in [0.2, 0.25) is 36.3 Å². The molecule has 5 nitrogen and oxygen atoms in total. The molecule has 0 aromatic carbocycles. The van der Waals surface area contributed by atoms with E-state index in [4.69, 9.17) is 9.16 Å². The SMILES string of the molecule is CC(C)[Si](OCCCCC[C@H](C#C[Si](C)(C)C)N(C(=O)OC(C)(C)C)[C@@H](C)CC=O)(C(C)C)C(C)C. The van der Waals surface area contributed by atoms with Crippen LogP contribution >= 0.6 is 0 Å². The van der Waals surface area contributed by atoms with Crippen molar-refractivity contribution in [3.05, 3.63) is 0 Å². The number of amides is 1. The van der Waals surface area contributed by atoms with Crippen molar-refractivity contribution in [3.8, 4) is 11.5 Å². The third kappa shape index (κ3) is 12.0. The Labute approximate surface area is 225 Å². The van der Waals surface area contributed by atoms with Crippen LogP contribution in [0.4, 0.5) is 4.79 Å². The maximum atomic E-state index is 13.2. The molecule has 0 heterocycles. The molecule has 1 amide bonds. The van der Waals surface area contributed by atoms with E-state index >= 15 is 0 Å². The Balaban J connectivity index is 5.50. The number of hydrogen-bond acceptors (Lipinski definition) is 4. The molecular weight excluding hydrogens is 482 g/mol. The van der Waals surface area contributed by atoms with Crippen molar-refractivity contribution < 1.29 is 18.8 Å². The van der Waals surface area contributed by atoms with Crippen molar-refractivity contribution in [2.45, 2.75) is 155 Å². The van der Waals surface area contributed by atoms with Gasteiger partial charge in [-0.1, -0.05) is 79.9 Å². The fourth-order valence-corrected chi connectivity index (χ4v) is 11.2. The van der Waals surface area contributed by atoms with Crippen LogP contribution in [-0.2, 0) is 14.0 Å². The van der Waals surface area contributed by atoms with Gasteiger partial charge in [0.05, 0.1) is 6.04 Å². The molecule has 0 spiro atoms. The topological polar surface area (TPSA) is 55.8 Å². The van der Waals surface area contributed by atoms with E-state index in [1.807, 2.05) is 27.7 Å². The molecule has 0 bridgehead atoms. The Morgan fingerprint density at radius 3 is 1.86 bits per heavy atom. The van der Waals surface area contributed by atoms with Crippen LogP contribution in [0.25, 0.3) is 0 Å². The zero-order chi connectivity index (χ0) is 28.3. The van der Waals surface area contributed by atoms with E-state index in [9.17, 15) is 9.59 Å². The molecule has 0 rings (SSSR count). The Hall–Kier alpha value is -1.11. The van der Waals surface area contributed by atoms with Gasteiger partial charge in [-0.15, -0.1) is 5.54 Å². The maximum absolute atomic E-state index is 13.2. The van der Waals surface area contributed by atoms with Crippen LogP contribution in [0, 0.1) is 11.5 Å². The molecule has 0 radical (unpaired) electrons. The highest BCUT2D eigenvalue weighted by molar-refractivity contribution is 6.83. The summed E-state index contributed by atoms with van der Waals surface area (Å²) < 4.78 is 12.4. The lowest BCUT2D eigenvalue weighted by Gasteiger charge is -2.42. The largest absolute Gasteiger partial charge is 0.444 e. The fourth-order valence-electron chi connectivity index (χ4n) is 5.13. The predicted molar refractivity (Wildman–Crippen MR) is 159 cm³/mol. The average molecular weight is 540 g/mol. The zero-order valence-electron chi connectivity index (χ0n) is 25.8. The monoisotopic (exact) mass is 539 g/mol. The first-order chi connectivity index (χ1) is 16.4. The van der Waals surface area contributed by atoms with Crippen molar-refractivity contribution in [2.75, 3.05) is 6.61 Å². The minimum atomic E-state index is -1.84. The molecule has 0 aliphatic heterocycles. The summed E-state index contributed by atoms with van der Waals surface area (Å²) in [6.45, 7) is 28.8. The van der Waals surface area contributed by atoms with Gasteiger partial charge >= 0.3 is 6.09 Å². The molecule has 0 N–H and O–H groups in total. The standard InChI is InChI=1S/C29H57NO4Si2/c1-23(2)36(24(3)4,25(5)6)33-21-16-14-15-17-27(19-22-35(11,12)13)30(26(7)18-20-31)28(32)34-29(8,9)10/h20,23-27H,14-18,21H2,1-13H3/t26-,27+/m0/s1. The van der Waals surface area contributed by atoms with Crippen LogP contribution in [0.15, 0.2) is 0 Å². The molecule has 0 aromatic rings. The molecule has 0 saturated carbocycles. The van der Waals surface area contributed by atoms with Gasteiger partial charge in [-0.2, -0.15) is 0 Å². The van der Waals surface area contributed by atoms with Gasteiger partial charge in [0, 0.05) is 19.1 Å². The maximum Gasteiger partial charge on any atom is 0.411 e. The van der Waals surface area contributed by atoms with Crippen molar-refractivity contribution in [2.24, 2.45) is 0 Å². The average Bonchev–Trinajstić information content (AvgIpc) is 2.68. The van der Waals surface area contributed by atoms with Crippen molar-refractivity contribution in [1.82, 2.24) is 4.90 Å². The highest BCUT2D eigenvalue weighted by atomic mass is 28.4. The Morgan fingerprint density at radius 2 is 1.44 bits per heavy atom. The summed E-state index contributed by atoms with van der Waals surface area (Å²) in [5, 5.41) is 0. The van der Waals surface area contributed by atoms with Gasteiger partial charge in [-0.25, -0.2) is 4.79 Å². The number of nitrogens with zero attached hydrogens (tertiary/aromatic N) is 1. The first-order valence-electron chi connectivity index (χ1n) is 14.0. The van der Waals surface area contributed by atoms with Crippen molar-refractivity contribution in [1.29, 1.82) is 0 Å². The Bertz CT molecular complexity index is 704. The summed E-state index contributed by atoms with van der Waals surface area (Å²) in [6.07, 6.45) is 4.49. The van der Waals surface area contributed by atoms with Gasteiger partial charge in [0.15, 0.2) is 8.32 Å². The Kier molecular flexibility index (Phi) is 14.9. The fraction of sp³-hybridized carbons (Fsp3) is 0.862. The smallest absolute Gasteiger partial charge is 0.411 e. The number of aldehydes is 1. The van der Waals surface area contributed by atoms with Gasteiger partial charge in [-0.3, -0.25) is 4.90 Å². The highest BCUT2D eigenvalue weighted by Crippen LogP contribution is 2.42. The number of carbonyl (C=O) groups excluding carboxylic acids is 2. The summed E-state index contributed by atoms with van der Waals surface area (Å²) in [5.74, 6) is 3.42. The normalized spacial score (nSPS) is 14.4. The number of unbranched alkanes of at least 4 members (excludes halogenated alkanes) is 2. The van der Waals surface area contributed by atoms with E-state index < -0.39 is 28.1 Å². The lowest BCUT2D eigenvalue weighted by Crippen LogP contribution is -2.48. The first-order valence-corrected chi connectivity index (χ1v) is 19.6. The summed E-state index contributed by atoms with van der Waals surface area (Å²) in [4.78, 5) is 26.2. The van der Waals surface area contributed by atoms with Crippen LogP contribution in [0.3, 0.4) is 0 Å². The van der Waals surface area contributed by atoms with E-state index in [0.29, 0.717) is 16.6 Å². The van der Waals surface area contributed by atoms with Crippen molar-refractivity contribution >= 4 is 28.8 Å². The van der Waals surface area contributed by atoms with E-state index in [-0.39, 0.29) is 18.5 Å². The summed E-state index contributed by atoms with van der Waals surface area (Å²) in [6, 6.07) is -0.533. The van der Waals surface area contributed by atoms with E-state index in [2.05, 4.69) is 72.6 Å². The lowest BCUT2D eigenvalue weighted by atomic mass is 10.0. The zero-order valence-corrected chi connectivity index (χ0v) is 27.8.